The number of hydrogen-bond donors (Lipinski definition) is 2. The number of benzene rings is 1. The van der Waals surface area contributed by atoms with Crippen molar-refractivity contribution < 1.29 is 14.8 Å². The number of nitrogens with one attached hydrogen (secondary N) is 1. The number of aromatic hydroxyl groups is 1. The van der Waals surface area contributed by atoms with Crippen molar-refractivity contribution in [3.63, 3.8) is 0 Å². The van der Waals surface area contributed by atoms with Crippen molar-refractivity contribution in [2.45, 2.75) is 6.92 Å². The molecule has 8 heteroatoms. The highest BCUT2D eigenvalue weighted by Gasteiger charge is 2.12. The van der Waals surface area contributed by atoms with E-state index in [2.05, 4.69) is 15.5 Å². The first kappa shape index (κ1) is 15.1. The molecule has 1 heterocycles. The number of nitro groups is 1. The molecule has 1 amide bonds. The second kappa shape index (κ2) is 6.44. The highest BCUT2D eigenvalue weighted by Crippen LogP contribution is 2.21. The SMILES string of the molecule is Cc1ccc(C(=O)N/N=C\c2cc(O)ccc2[N+](=O)[O-])cn1. The quantitative estimate of drug-likeness (QED) is 0.507. The van der Waals surface area contributed by atoms with Crippen molar-refractivity contribution in [3.05, 3.63) is 63.5 Å². The minimum atomic E-state index is -0.605. The number of hydrogen-bond acceptors (Lipinski definition) is 6. The molecule has 0 radical (unpaired) electrons. The Morgan fingerprint density at radius 1 is 1.41 bits per heavy atom. The van der Waals surface area contributed by atoms with E-state index in [1.165, 1.54) is 18.3 Å². The number of nitrogens with zero attached hydrogens (tertiary/aromatic N) is 3. The normalized spacial score (nSPS) is 10.6. The number of phenols is 1. The van der Waals surface area contributed by atoms with Crippen LogP contribution in [0.1, 0.15) is 21.6 Å². The third-order valence-corrected chi connectivity index (χ3v) is 2.75. The van der Waals surface area contributed by atoms with Crippen LogP contribution in [0.5, 0.6) is 5.75 Å². The first-order chi connectivity index (χ1) is 10.5. The lowest BCUT2D eigenvalue weighted by atomic mass is 10.2. The van der Waals surface area contributed by atoms with Crippen LogP contribution < -0.4 is 5.43 Å². The van der Waals surface area contributed by atoms with Gasteiger partial charge in [-0.2, -0.15) is 5.10 Å². The average Bonchev–Trinajstić information content (AvgIpc) is 2.47. The van der Waals surface area contributed by atoms with Crippen LogP contribution in [0, 0.1) is 17.0 Å². The summed E-state index contributed by atoms with van der Waals surface area (Å²) in [6, 6.07) is 6.80. The molecule has 0 aliphatic carbocycles. The number of rotatable bonds is 4. The molecule has 0 aliphatic rings. The fourth-order valence-corrected chi connectivity index (χ4v) is 1.64. The van der Waals surface area contributed by atoms with Crippen molar-refractivity contribution in [2.24, 2.45) is 5.10 Å². The smallest absolute Gasteiger partial charge is 0.278 e. The Morgan fingerprint density at radius 2 is 2.18 bits per heavy atom. The van der Waals surface area contributed by atoms with Crippen molar-refractivity contribution in [2.75, 3.05) is 0 Å². The molecule has 0 atom stereocenters. The van der Waals surface area contributed by atoms with Crippen molar-refractivity contribution in [1.82, 2.24) is 10.4 Å². The summed E-state index contributed by atoms with van der Waals surface area (Å²) in [5.41, 5.74) is 3.17. The van der Waals surface area contributed by atoms with Gasteiger partial charge in [-0.25, -0.2) is 5.43 Å². The van der Waals surface area contributed by atoms with E-state index in [9.17, 15) is 20.0 Å². The summed E-state index contributed by atoms with van der Waals surface area (Å²) in [6.45, 7) is 1.79. The third kappa shape index (κ3) is 3.63. The fraction of sp³-hybridized carbons (Fsp3) is 0.0714. The van der Waals surface area contributed by atoms with Crippen LogP contribution in [-0.4, -0.2) is 27.1 Å². The highest BCUT2D eigenvalue weighted by molar-refractivity contribution is 5.95. The van der Waals surface area contributed by atoms with E-state index in [1.54, 1.807) is 19.1 Å². The van der Waals surface area contributed by atoms with Crippen LogP contribution in [0.3, 0.4) is 0 Å². The molecule has 0 bridgehead atoms. The number of carbonyl (C=O) groups excluding carboxylic acids is 1. The summed E-state index contributed by atoms with van der Waals surface area (Å²) in [5, 5.41) is 23.9. The van der Waals surface area contributed by atoms with Gasteiger partial charge in [0.15, 0.2) is 0 Å². The van der Waals surface area contributed by atoms with Crippen LogP contribution in [0.25, 0.3) is 0 Å². The summed E-state index contributed by atoms with van der Waals surface area (Å²) < 4.78 is 0. The van der Waals surface area contributed by atoms with E-state index in [0.717, 1.165) is 18.0 Å². The Kier molecular flexibility index (Phi) is 4.42. The second-order valence-electron chi connectivity index (χ2n) is 4.39. The summed E-state index contributed by atoms with van der Waals surface area (Å²) in [4.78, 5) is 26.0. The predicted octanol–water partition coefficient (Wildman–Crippen LogP) is 1.77. The molecule has 2 rings (SSSR count). The lowest BCUT2D eigenvalue weighted by Gasteiger charge is -2.00. The number of hydrazone groups is 1. The Bertz CT molecular complexity index is 741. The number of phenolic OH excluding ortho intramolecular Hbond substituents is 1. The highest BCUT2D eigenvalue weighted by atomic mass is 16.6. The van der Waals surface area contributed by atoms with Crippen LogP contribution in [-0.2, 0) is 0 Å². The molecule has 0 saturated heterocycles. The van der Waals surface area contributed by atoms with E-state index in [1.807, 2.05) is 0 Å². The maximum Gasteiger partial charge on any atom is 0.278 e. The van der Waals surface area contributed by atoms with Crippen LogP contribution in [0.4, 0.5) is 5.69 Å². The molecule has 0 unspecified atom stereocenters. The average molecular weight is 300 g/mol. The number of amides is 1. The molecular weight excluding hydrogens is 288 g/mol. The molecular formula is C14H12N4O4. The molecule has 0 fully saturated rings. The lowest BCUT2D eigenvalue weighted by Crippen LogP contribution is -2.17. The van der Waals surface area contributed by atoms with Crippen molar-refractivity contribution in [3.8, 4) is 5.75 Å². The van der Waals surface area contributed by atoms with Gasteiger partial charge in [0.25, 0.3) is 11.6 Å². The van der Waals surface area contributed by atoms with Gasteiger partial charge >= 0.3 is 0 Å². The molecule has 22 heavy (non-hydrogen) atoms. The summed E-state index contributed by atoms with van der Waals surface area (Å²) in [6.07, 6.45) is 2.49. The molecule has 2 N–H and O–H groups in total. The largest absolute Gasteiger partial charge is 0.508 e. The Labute approximate surface area is 125 Å². The molecule has 1 aromatic carbocycles. The zero-order valence-corrected chi connectivity index (χ0v) is 11.6. The van der Waals surface area contributed by atoms with Crippen LogP contribution >= 0.6 is 0 Å². The predicted molar refractivity (Wildman–Crippen MR) is 78.8 cm³/mol. The number of aryl methyl sites for hydroxylation is 1. The number of nitro benzene ring substituents is 1. The molecule has 8 nitrogen and oxygen atoms in total. The van der Waals surface area contributed by atoms with Crippen LogP contribution in [0.2, 0.25) is 0 Å². The number of carbonyl (C=O) groups is 1. The van der Waals surface area contributed by atoms with E-state index < -0.39 is 10.8 Å². The van der Waals surface area contributed by atoms with Gasteiger partial charge in [-0.1, -0.05) is 0 Å². The van der Waals surface area contributed by atoms with E-state index in [-0.39, 0.29) is 17.0 Å². The van der Waals surface area contributed by atoms with Gasteiger partial charge in [-0.05, 0) is 31.2 Å². The van der Waals surface area contributed by atoms with Gasteiger partial charge in [0, 0.05) is 18.0 Å². The van der Waals surface area contributed by atoms with Gasteiger partial charge in [0.05, 0.1) is 22.3 Å². The van der Waals surface area contributed by atoms with Gasteiger partial charge < -0.3 is 5.11 Å². The topological polar surface area (TPSA) is 118 Å². The van der Waals surface area contributed by atoms with Crippen molar-refractivity contribution in [1.29, 1.82) is 0 Å². The molecule has 0 aliphatic heterocycles. The van der Waals surface area contributed by atoms with E-state index >= 15 is 0 Å². The first-order valence-corrected chi connectivity index (χ1v) is 6.21. The maximum atomic E-state index is 11.8. The molecule has 2 aromatic rings. The monoisotopic (exact) mass is 300 g/mol. The number of pyridine rings is 1. The Balaban J connectivity index is 2.12. The van der Waals surface area contributed by atoms with Crippen molar-refractivity contribution >= 4 is 17.8 Å². The zero-order chi connectivity index (χ0) is 16.1. The van der Waals surface area contributed by atoms with Gasteiger partial charge in [0.1, 0.15) is 5.75 Å². The molecule has 0 saturated carbocycles. The van der Waals surface area contributed by atoms with Gasteiger partial charge in [-0.3, -0.25) is 19.9 Å². The molecule has 112 valence electrons. The van der Waals surface area contributed by atoms with Gasteiger partial charge in [0.2, 0.25) is 0 Å². The minimum Gasteiger partial charge on any atom is -0.508 e. The second-order valence-corrected chi connectivity index (χ2v) is 4.39. The lowest BCUT2D eigenvalue weighted by molar-refractivity contribution is -0.385. The fourth-order valence-electron chi connectivity index (χ4n) is 1.64. The summed E-state index contributed by atoms with van der Waals surface area (Å²) in [5.74, 6) is -0.632. The Morgan fingerprint density at radius 3 is 2.82 bits per heavy atom. The summed E-state index contributed by atoms with van der Waals surface area (Å²) >= 11 is 0. The zero-order valence-electron chi connectivity index (χ0n) is 11.6. The maximum absolute atomic E-state index is 11.8. The van der Waals surface area contributed by atoms with E-state index in [4.69, 9.17) is 0 Å². The van der Waals surface area contributed by atoms with E-state index in [0.29, 0.717) is 5.56 Å². The standard InChI is InChI=1S/C14H12N4O4/c1-9-2-3-10(7-15-9)14(20)17-16-8-11-6-12(19)4-5-13(11)18(21)22/h2-8,19H,1H3,(H,17,20)/b16-8-. The third-order valence-electron chi connectivity index (χ3n) is 2.75. The molecule has 1 aromatic heterocycles. The minimum absolute atomic E-state index is 0.0762. The summed E-state index contributed by atoms with van der Waals surface area (Å²) in [7, 11) is 0. The first-order valence-electron chi connectivity index (χ1n) is 6.21. The van der Waals surface area contributed by atoms with Crippen LogP contribution in [0.15, 0.2) is 41.6 Å². The number of aromatic nitrogens is 1. The molecule has 0 spiro atoms. The van der Waals surface area contributed by atoms with Gasteiger partial charge in [-0.15, -0.1) is 0 Å². The Hall–Kier alpha value is -3.29.